The van der Waals surface area contributed by atoms with Crippen LogP contribution in [0.25, 0.3) is 0 Å². The zero-order valence-corrected chi connectivity index (χ0v) is 14.2. The lowest BCUT2D eigenvalue weighted by atomic mass is 9.60. The molecule has 0 radical (unpaired) electrons. The fourth-order valence-electron chi connectivity index (χ4n) is 4.45. The molecule has 2 N–H and O–H groups in total. The number of hydrogen-bond donors (Lipinski definition) is 2. The molecule has 0 atom stereocenters. The molecule has 0 saturated carbocycles. The number of nitrogens with zero attached hydrogens (tertiary/aromatic N) is 2. The second-order valence-electron chi connectivity index (χ2n) is 7.77. The number of aliphatic hydroxyl groups excluding tert-OH is 1. The summed E-state index contributed by atoms with van der Waals surface area (Å²) in [5, 5.41) is 23.0. The SMILES string of the molecule is CCN1CCC2(CC1)C(C#N)=C(O)NC1=C2C(=O)CC(C)(C)C1. The van der Waals surface area contributed by atoms with Gasteiger partial charge in [-0.3, -0.25) is 4.79 Å². The maximum atomic E-state index is 12.9. The van der Waals surface area contributed by atoms with E-state index in [9.17, 15) is 15.2 Å². The average molecular weight is 315 g/mol. The summed E-state index contributed by atoms with van der Waals surface area (Å²) in [6, 6.07) is 2.18. The molecule has 2 aliphatic heterocycles. The fourth-order valence-corrected chi connectivity index (χ4v) is 4.45. The van der Waals surface area contributed by atoms with E-state index in [-0.39, 0.29) is 17.1 Å². The van der Waals surface area contributed by atoms with Crippen LogP contribution in [0.4, 0.5) is 0 Å². The average Bonchev–Trinajstić information content (AvgIpc) is 2.46. The van der Waals surface area contributed by atoms with E-state index < -0.39 is 5.41 Å². The summed E-state index contributed by atoms with van der Waals surface area (Å²) in [5.41, 5.74) is 1.23. The molecule has 5 heteroatoms. The smallest absolute Gasteiger partial charge is 0.203 e. The first-order valence-corrected chi connectivity index (χ1v) is 8.43. The number of dihydropyridines is 1. The van der Waals surface area contributed by atoms with Gasteiger partial charge in [0.15, 0.2) is 5.78 Å². The molecule has 0 unspecified atom stereocenters. The van der Waals surface area contributed by atoms with Crippen LogP contribution in [-0.2, 0) is 4.79 Å². The van der Waals surface area contributed by atoms with Crippen molar-refractivity contribution >= 4 is 5.78 Å². The number of Topliss-reactive ketones (excluding diaryl/α,β-unsaturated/α-hetero) is 1. The van der Waals surface area contributed by atoms with Gasteiger partial charge in [-0.1, -0.05) is 20.8 Å². The first-order valence-electron chi connectivity index (χ1n) is 8.43. The third-order valence-electron chi connectivity index (χ3n) is 5.61. The van der Waals surface area contributed by atoms with Crippen LogP contribution >= 0.6 is 0 Å². The fraction of sp³-hybridized carbons (Fsp3) is 0.667. The Balaban J connectivity index is 2.09. The number of likely N-dealkylation sites (tertiary alicyclic amines) is 1. The van der Waals surface area contributed by atoms with Crippen molar-refractivity contribution in [3.05, 3.63) is 22.7 Å². The lowest BCUT2D eigenvalue weighted by Crippen LogP contribution is -2.49. The molecule has 1 spiro atoms. The lowest BCUT2D eigenvalue weighted by molar-refractivity contribution is -0.119. The second-order valence-corrected chi connectivity index (χ2v) is 7.77. The van der Waals surface area contributed by atoms with Crippen molar-refractivity contribution < 1.29 is 9.90 Å². The third kappa shape index (κ3) is 2.46. The predicted octanol–water partition coefficient (Wildman–Crippen LogP) is 2.63. The van der Waals surface area contributed by atoms with E-state index in [0.29, 0.717) is 12.0 Å². The van der Waals surface area contributed by atoms with E-state index in [2.05, 4.69) is 37.1 Å². The number of carbonyl (C=O) groups excluding carboxylic acids is 1. The summed E-state index contributed by atoms with van der Waals surface area (Å²) in [7, 11) is 0. The molecule has 0 amide bonds. The molecule has 1 saturated heterocycles. The van der Waals surface area contributed by atoms with Gasteiger partial charge < -0.3 is 15.3 Å². The minimum atomic E-state index is -0.599. The molecule has 23 heavy (non-hydrogen) atoms. The Bertz CT molecular complexity index is 644. The lowest BCUT2D eigenvalue weighted by Gasteiger charge is -2.48. The largest absolute Gasteiger partial charge is 0.494 e. The van der Waals surface area contributed by atoms with Crippen LogP contribution in [0.1, 0.15) is 46.5 Å². The van der Waals surface area contributed by atoms with Gasteiger partial charge in [0.05, 0.1) is 0 Å². The molecule has 2 heterocycles. The topological polar surface area (TPSA) is 76.4 Å². The number of nitrogens with one attached hydrogen (secondary N) is 1. The minimum absolute atomic E-state index is 0.0540. The highest BCUT2D eigenvalue weighted by Gasteiger charge is 2.51. The summed E-state index contributed by atoms with van der Waals surface area (Å²) < 4.78 is 0. The van der Waals surface area contributed by atoms with Crippen LogP contribution in [0.5, 0.6) is 0 Å². The van der Waals surface area contributed by atoms with Gasteiger partial charge in [0.2, 0.25) is 5.88 Å². The van der Waals surface area contributed by atoms with E-state index >= 15 is 0 Å². The summed E-state index contributed by atoms with van der Waals surface area (Å²) in [4.78, 5) is 15.2. The molecule has 0 bridgehead atoms. The van der Waals surface area contributed by atoms with Crippen molar-refractivity contribution in [1.82, 2.24) is 10.2 Å². The quantitative estimate of drug-likeness (QED) is 0.778. The van der Waals surface area contributed by atoms with Gasteiger partial charge in [0.1, 0.15) is 11.6 Å². The van der Waals surface area contributed by atoms with Gasteiger partial charge >= 0.3 is 0 Å². The Morgan fingerprint density at radius 1 is 1.30 bits per heavy atom. The Labute approximate surface area is 137 Å². The zero-order valence-electron chi connectivity index (χ0n) is 14.2. The Hall–Kier alpha value is -1.80. The van der Waals surface area contributed by atoms with Gasteiger partial charge in [0.25, 0.3) is 0 Å². The summed E-state index contributed by atoms with van der Waals surface area (Å²) in [6.45, 7) is 8.94. The maximum Gasteiger partial charge on any atom is 0.203 e. The number of carbonyl (C=O) groups is 1. The van der Waals surface area contributed by atoms with E-state index in [1.807, 2.05) is 0 Å². The number of allylic oxidation sites excluding steroid dienone is 3. The molecular weight excluding hydrogens is 290 g/mol. The van der Waals surface area contributed by atoms with Crippen molar-refractivity contribution in [2.24, 2.45) is 10.8 Å². The van der Waals surface area contributed by atoms with Crippen molar-refractivity contribution in [1.29, 1.82) is 5.26 Å². The summed E-state index contributed by atoms with van der Waals surface area (Å²) in [6.07, 6.45) is 2.68. The molecule has 0 aromatic carbocycles. The number of ketones is 1. The molecule has 1 aliphatic carbocycles. The van der Waals surface area contributed by atoms with Gasteiger partial charge in [-0.25, -0.2) is 0 Å². The van der Waals surface area contributed by atoms with Gasteiger partial charge in [-0.15, -0.1) is 0 Å². The highest BCUT2D eigenvalue weighted by atomic mass is 16.3. The van der Waals surface area contributed by atoms with E-state index in [4.69, 9.17) is 0 Å². The maximum absolute atomic E-state index is 12.9. The Kier molecular flexibility index (Phi) is 3.76. The van der Waals surface area contributed by atoms with Gasteiger partial charge in [-0.2, -0.15) is 5.26 Å². The first kappa shape index (κ1) is 16.1. The third-order valence-corrected chi connectivity index (χ3v) is 5.61. The second kappa shape index (κ2) is 5.38. The van der Waals surface area contributed by atoms with Crippen LogP contribution in [0.2, 0.25) is 0 Å². The monoisotopic (exact) mass is 315 g/mol. The minimum Gasteiger partial charge on any atom is -0.494 e. The van der Waals surface area contributed by atoms with Crippen LogP contribution in [0.3, 0.4) is 0 Å². The molecule has 124 valence electrons. The number of nitriles is 1. The normalized spacial score (nSPS) is 26.8. The standard InChI is InChI=1S/C18H25N3O2/c1-4-21-7-5-18(6-8-21)12(11-19)16(23)20-13-9-17(2,3)10-14(22)15(13)18/h20,23H,4-10H2,1-3H3. The highest BCUT2D eigenvalue weighted by molar-refractivity contribution is 6.00. The van der Waals surface area contributed by atoms with Crippen molar-refractivity contribution in [2.45, 2.75) is 46.5 Å². The number of rotatable bonds is 1. The van der Waals surface area contributed by atoms with Crippen LogP contribution in [0, 0.1) is 22.2 Å². The number of piperidine rings is 1. The molecule has 0 aromatic rings. The van der Waals surface area contributed by atoms with Crippen molar-refractivity contribution in [2.75, 3.05) is 19.6 Å². The van der Waals surface area contributed by atoms with Gasteiger partial charge in [-0.05, 0) is 44.3 Å². The Morgan fingerprint density at radius 2 is 1.96 bits per heavy atom. The van der Waals surface area contributed by atoms with E-state index in [1.165, 1.54) is 0 Å². The first-order chi connectivity index (χ1) is 10.8. The van der Waals surface area contributed by atoms with Crippen LogP contribution < -0.4 is 5.32 Å². The Morgan fingerprint density at radius 3 is 2.52 bits per heavy atom. The molecule has 0 aromatic heterocycles. The van der Waals surface area contributed by atoms with Crippen LogP contribution in [0.15, 0.2) is 22.7 Å². The van der Waals surface area contributed by atoms with E-state index in [1.54, 1.807) is 0 Å². The highest BCUT2D eigenvalue weighted by Crippen LogP contribution is 2.53. The summed E-state index contributed by atoms with van der Waals surface area (Å²) in [5.74, 6) is 0.0793. The molecule has 5 nitrogen and oxygen atoms in total. The summed E-state index contributed by atoms with van der Waals surface area (Å²) >= 11 is 0. The molecule has 3 aliphatic rings. The van der Waals surface area contributed by atoms with E-state index in [0.717, 1.165) is 50.2 Å². The van der Waals surface area contributed by atoms with Crippen LogP contribution in [-0.4, -0.2) is 35.4 Å². The van der Waals surface area contributed by atoms with Crippen molar-refractivity contribution in [3.8, 4) is 6.07 Å². The van der Waals surface area contributed by atoms with Gasteiger partial charge in [0, 0.05) is 23.1 Å². The molecule has 3 rings (SSSR count). The predicted molar refractivity (Wildman–Crippen MR) is 87.2 cm³/mol. The number of hydrogen-bond acceptors (Lipinski definition) is 5. The zero-order chi connectivity index (χ0) is 16.8. The number of fused-ring (bicyclic) bond motifs is 1. The number of aliphatic hydroxyl groups is 1. The molecule has 1 fully saturated rings. The molecular formula is C18H25N3O2. The van der Waals surface area contributed by atoms with Crippen molar-refractivity contribution in [3.63, 3.8) is 0 Å².